The first-order valence-corrected chi connectivity index (χ1v) is 7.39. The Balaban J connectivity index is 2.05. The predicted molar refractivity (Wildman–Crippen MR) is 81.9 cm³/mol. The molecule has 0 N–H and O–H groups in total. The van der Waals surface area contributed by atoms with Gasteiger partial charge in [-0.2, -0.15) is 0 Å². The molecule has 0 fully saturated rings. The van der Waals surface area contributed by atoms with E-state index in [1.807, 2.05) is 6.07 Å². The highest BCUT2D eigenvalue weighted by atomic mass is 32.1. The highest BCUT2D eigenvalue weighted by molar-refractivity contribution is 7.05. The lowest BCUT2D eigenvalue weighted by Gasteiger charge is -2.04. The second-order valence-electron chi connectivity index (χ2n) is 5.03. The Morgan fingerprint density at radius 2 is 2.10 bits per heavy atom. The van der Waals surface area contributed by atoms with Crippen molar-refractivity contribution >= 4 is 28.2 Å². The number of aromatic nitrogens is 3. The molecule has 0 aliphatic heterocycles. The largest absolute Gasteiger partial charge is 0.247 e. The molecule has 98 valence electrons. The molecule has 0 saturated carbocycles. The van der Waals surface area contributed by atoms with Gasteiger partial charge in [0.1, 0.15) is 12.7 Å². The number of rotatable bonds is 1. The molecule has 0 spiro atoms. The maximum absolute atomic E-state index is 4.70. The number of nitrogens with zero attached hydrogens (tertiary/aromatic N) is 3. The lowest BCUT2D eigenvalue weighted by atomic mass is 10.0. The molecule has 0 bridgehead atoms. The zero-order chi connectivity index (χ0) is 13.7. The molecule has 0 unspecified atom stereocenters. The molecule has 3 nitrogen and oxygen atoms in total. The van der Waals surface area contributed by atoms with E-state index in [4.69, 9.17) is 4.98 Å². The summed E-state index contributed by atoms with van der Waals surface area (Å²) < 4.78 is 4.32. The molecule has 1 aromatic carbocycles. The van der Waals surface area contributed by atoms with Crippen LogP contribution in [-0.2, 0) is 7.05 Å². The minimum absolute atomic E-state index is 1.03. The van der Waals surface area contributed by atoms with Crippen molar-refractivity contribution in [2.24, 2.45) is 7.05 Å². The lowest BCUT2D eigenvalue weighted by Crippen LogP contribution is -2.30. The standard InChI is InChI=1S/C16H14N3S/c1-11-9-15-13(17-16-6-8-20-19(15)16)10-12(11)14-5-3-4-7-18(14)2/h3-10H,1-2H3/q+1. The van der Waals surface area contributed by atoms with E-state index in [0.717, 1.165) is 11.2 Å². The van der Waals surface area contributed by atoms with Gasteiger partial charge in [-0.1, -0.05) is 11.5 Å². The Kier molecular flexibility index (Phi) is 2.41. The van der Waals surface area contributed by atoms with Crippen molar-refractivity contribution in [3.63, 3.8) is 0 Å². The number of pyridine rings is 1. The number of imidazole rings is 1. The zero-order valence-corrected chi connectivity index (χ0v) is 12.2. The fraction of sp³-hybridized carbons (Fsp3) is 0.125. The predicted octanol–water partition coefficient (Wildman–Crippen LogP) is 3.35. The molecule has 20 heavy (non-hydrogen) atoms. The Bertz CT molecular complexity index is 933. The molecule has 4 rings (SSSR count). The number of hydrogen-bond donors (Lipinski definition) is 0. The van der Waals surface area contributed by atoms with E-state index in [1.165, 1.54) is 22.3 Å². The van der Waals surface area contributed by atoms with Gasteiger partial charge in [-0.15, -0.1) is 0 Å². The van der Waals surface area contributed by atoms with Gasteiger partial charge in [-0.05, 0) is 36.8 Å². The van der Waals surface area contributed by atoms with Crippen LogP contribution in [0.15, 0.2) is 48.0 Å². The van der Waals surface area contributed by atoms with Crippen molar-refractivity contribution in [3.8, 4) is 11.3 Å². The third-order valence-corrected chi connectivity index (χ3v) is 4.55. The molecule has 0 radical (unpaired) electrons. The minimum atomic E-state index is 1.03. The van der Waals surface area contributed by atoms with E-state index in [-0.39, 0.29) is 0 Å². The summed E-state index contributed by atoms with van der Waals surface area (Å²) >= 11 is 1.69. The van der Waals surface area contributed by atoms with E-state index in [2.05, 4.69) is 64.2 Å². The molecule has 0 aliphatic carbocycles. The highest BCUT2D eigenvalue weighted by Crippen LogP contribution is 2.28. The summed E-state index contributed by atoms with van der Waals surface area (Å²) in [6, 6.07) is 12.7. The van der Waals surface area contributed by atoms with Crippen molar-refractivity contribution in [2.75, 3.05) is 0 Å². The van der Waals surface area contributed by atoms with Gasteiger partial charge in [-0.25, -0.2) is 13.3 Å². The number of benzene rings is 1. The average Bonchev–Trinajstić information content (AvgIpc) is 3.00. The summed E-state index contributed by atoms with van der Waals surface area (Å²) in [5.74, 6) is 0. The first kappa shape index (κ1) is 11.6. The molecule has 4 aromatic rings. The van der Waals surface area contributed by atoms with Gasteiger partial charge in [-0.3, -0.25) is 0 Å². The van der Waals surface area contributed by atoms with Crippen molar-refractivity contribution in [2.45, 2.75) is 6.92 Å². The van der Waals surface area contributed by atoms with E-state index < -0.39 is 0 Å². The van der Waals surface area contributed by atoms with Crippen LogP contribution >= 0.6 is 11.5 Å². The summed E-state index contributed by atoms with van der Waals surface area (Å²) in [5.41, 5.74) is 7.00. The minimum Gasteiger partial charge on any atom is -0.247 e. The summed E-state index contributed by atoms with van der Waals surface area (Å²) in [4.78, 5) is 4.70. The van der Waals surface area contributed by atoms with E-state index in [0.29, 0.717) is 0 Å². The Morgan fingerprint density at radius 1 is 1.20 bits per heavy atom. The van der Waals surface area contributed by atoms with Crippen LogP contribution in [0.25, 0.3) is 27.9 Å². The topological polar surface area (TPSA) is 21.2 Å². The molecular formula is C16H14N3S+. The van der Waals surface area contributed by atoms with Gasteiger partial charge in [0, 0.05) is 17.5 Å². The van der Waals surface area contributed by atoms with Crippen molar-refractivity contribution < 1.29 is 4.57 Å². The Labute approximate surface area is 120 Å². The molecule has 3 heterocycles. The first-order chi connectivity index (χ1) is 9.74. The van der Waals surface area contributed by atoms with Gasteiger partial charge in [0.2, 0.25) is 5.69 Å². The molecule has 3 aromatic heterocycles. The maximum Gasteiger partial charge on any atom is 0.212 e. The van der Waals surface area contributed by atoms with E-state index in [1.54, 1.807) is 11.5 Å². The SMILES string of the molecule is Cc1cc2c(cc1-c1cccc[n+]1C)nc1ccsn12. The van der Waals surface area contributed by atoms with Crippen molar-refractivity contribution in [1.29, 1.82) is 0 Å². The first-order valence-electron chi connectivity index (χ1n) is 6.56. The second-order valence-corrected chi connectivity index (χ2v) is 5.87. The van der Waals surface area contributed by atoms with Crippen LogP contribution in [0.3, 0.4) is 0 Å². The molecular weight excluding hydrogens is 266 g/mol. The fourth-order valence-electron chi connectivity index (χ4n) is 2.67. The van der Waals surface area contributed by atoms with Crippen molar-refractivity contribution in [1.82, 2.24) is 8.77 Å². The summed E-state index contributed by atoms with van der Waals surface area (Å²) in [6.45, 7) is 2.16. The van der Waals surface area contributed by atoms with Crippen LogP contribution in [0.5, 0.6) is 0 Å². The quantitative estimate of drug-likeness (QED) is 0.490. The van der Waals surface area contributed by atoms with Crippen LogP contribution in [0.4, 0.5) is 0 Å². The second kappa shape index (κ2) is 4.15. The van der Waals surface area contributed by atoms with Crippen LogP contribution in [-0.4, -0.2) is 8.77 Å². The number of aryl methyl sites for hydroxylation is 2. The van der Waals surface area contributed by atoms with E-state index >= 15 is 0 Å². The van der Waals surface area contributed by atoms with Crippen LogP contribution in [0.1, 0.15) is 5.56 Å². The van der Waals surface area contributed by atoms with Gasteiger partial charge < -0.3 is 0 Å². The Hall–Kier alpha value is -2.20. The van der Waals surface area contributed by atoms with Crippen LogP contribution < -0.4 is 4.57 Å². The third kappa shape index (κ3) is 1.58. The maximum atomic E-state index is 4.70. The third-order valence-electron chi connectivity index (χ3n) is 3.70. The van der Waals surface area contributed by atoms with E-state index in [9.17, 15) is 0 Å². The average molecular weight is 280 g/mol. The van der Waals surface area contributed by atoms with Gasteiger partial charge in [0.05, 0.1) is 16.6 Å². The molecule has 0 amide bonds. The van der Waals surface area contributed by atoms with Crippen LogP contribution in [0, 0.1) is 6.92 Å². The summed E-state index contributed by atoms with van der Waals surface area (Å²) in [6.07, 6.45) is 2.07. The van der Waals surface area contributed by atoms with Gasteiger partial charge in [0.15, 0.2) is 6.20 Å². The summed E-state index contributed by atoms with van der Waals surface area (Å²) in [7, 11) is 2.07. The Morgan fingerprint density at radius 3 is 2.95 bits per heavy atom. The molecule has 4 heteroatoms. The van der Waals surface area contributed by atoms with Gasteiger partial charge >= 0.3 is 0 Å². The molecule has 0 atom stereocenters. The number of fused-ring (bicyclic) bond motifs is 3. The molecule has 0 aliphatic rings. The lowest BCUT2D eigenvalue weighted by molar-refractivity contribution is -0.660. The fourth-order valence-corrected chi connectivity index (χ4v) is 3.45. The highest BCUT2D eigenvalue weighted by Gasteiger charge is 2.15. The smallest absolute Gasteiger partial charge is 0.212 e. The molecule has 0 saturated heterocycles. The van der Waals surface area contributed by atoms with Gasteiger partial charge in [0.25, 0.3) is 0 Å². The normalized spacial score (nSPS) is 11.5. The monoisotopic (exact) mass is 280 g/mol. The number of hydrogen-bond acceptors (Lipinski definition) is 2. The zero-order valence-electron chi connectivity index (χ0n) is 11.4. The van der Waals surface area contributed by atoms with Crippen LogP contribution in [0.2, 0.25) is 0 Å². The van der Waals surface area contributed by atoms with Crippen molar-refractivity contribution in [3.05, 3.63) is 53.5 Å². The summed E-state index contributed by atoms with van der Waals surface area (Å²) in [5, 5.41) is 2.07.